The average Bonchev–Trinajstić information content (AvgIpc) is 3.23. The molecule has 4 aromatic rings. The van der Waals surface area contributed by atoms with Gasteiger partial charge in [0.25, 0.3) is 0 Å². The van der Waals surface area contributed by atoms with Crippen molar-refractivity contribution in [3.05, 3.63) is 66.3 Å². The van der Waals surface area contributed by atoms with Crippen molar-refractivity contribution in [2.24, 2.45) is 10.7 Å². The van der Waals surface area contributed by atoms with Gasteiger partial charge in [-0.3, -0.25) is 9.98 Å². The molecule has 0 unspecified atom stereocenters. The summed E-state index contributed by atoms with van der Waals surface area (Å²) < 4.78 is 2.21. The Balaban J connectivity index is 1.93. The third kappa shape index (κ3) is 4.67. The van der Waals surface area contributed by atoms with Crippen LogP contribution in [0.1, 0.15) is 38.1 Å². The van der Waals surface area contributed by atoms with Gasteiger partial charge in [0.2, 0.25) is 0 Å². The van der Waals surface area contributed by atoms with Crippen molar-refractivity contribution < 1.29 is 0 Å². The van der Waals surface area contributed by atoms with Gasteiger partial charge in [-0.2, -0.15) is 0 Å². The van der Waals surface area contributed by atoms with E-state index in [1.165, 1.54) is 0 Å². The van der Waals surface area contributed by atoms with Crippen LogP contribution in [0, 0.1) is 0 Å². The number of allylic oxidation sites excluding steroid dienone is 1. The van der Waals surface area contributed by atoms with Crippen LogP contribution in [0.15, 0.2) is 59.9 Å². The van der Waals surface area contributed by atoms with E-state index in [9.17, 15) is 0 Å². The van der Waals surface area contributed by atoms with Gasteiger partial charge in [0.1, 0.15) is 17.0 Å². The molecule has 168 valence electrons. The van der Waals surface area contributed by atoms with Gasteiger partial charge in [-0.1, -0.05) is 31.5 Å². The number of aromatic nitrogens is 5. The first kappa shape index (κ1) is 22.3. The van der Waals surface area contributed by atoms with E-state index in [4.69, 9.17) is 20.7 Å². The number of aliphatic imine (C=N–C) groups is 1. The molecule has 0 radical (unpaired) electrons. The molecule has 1 aromatic carbocycles. The monoisotopic (exact) mass is 439 g/mol. The number of benzene rings is 1. The molecule has 0 saturated heterocycles. The second-order valence-corrected chi connectivity index (χ2v) is 7.79. The molecule has 0 spiro atoms. The molecule has 3 aromatic heterocycles. The first-order valence-corrected chi connectivity index (χ1v) is 11.3. The minimum atomic E-state index is 0.637. The average molecular weight is 440 g/mol. The van der Waals surface area contributed by atoms with Gasteiger partial charge in [0.05, 0.1) is 0 Å². The smallest absolute Gasteiger partial charge is 0.164 e. The fraction of sp³-hybridized carbons (Fsp3) is 0.269. The Bertz CT molecular complexity index is 1300. The van der Waals surface area contributed by atoms with Crippen LogP contribution in [0.2, 0.25) is 0 Å². The number of pyridine rings is 1. The summed E-state index contributed by atoms with van der Waals surface area (Å²) in [5.74, 6) is 1.70. The zero-order chi connectivity index (χ0) is 23.2. The van der Waals surface area contributed by atoms with E-state index in [1.807, 2.05) is 36.4 Å². The van der Waals surface area contributed by atoms with E-state index in [1.54, 1.807) is 31.7 Å². The zero-order valence-corrected chi connectivity index (χ0v) is 19.4. The van der Waals surface area contributed by atoms with Crippen molar-refractivity contribution in [3.63, 3.8) is 0 Å². The highest BCUT2D eigenvalue weighted by Crippen LogP contribution is 2.30. The highest BCUT2D eigenvalue weighted by molar-refractivity contribution is 5.90. The van der Waals surface area contributed by atoms with Crippen molar-refractivity contribution >= 4 is 23.1 Å². The fourth-order valence-electron chi connectivity index (χ4n) is 3.83. The predicted molar refractivity (Wildman–Crippen MR) is 135 cm³/mol. The summed E-state index contributed by atoms with van der Waals surface area (Å²) in [7, 11) is 1.72. The molecular weight excluding hydrogens is 410 g/mol. The van der Waals surface area contributed by atoms with Crippen molar-refractivity contribution in [2.75, 3.05) is 7.05 Å². The molecule has 0 saturated carbocycles. The summed E-state index contributed by atoms with van der Waals surface area (Å²) in [4.78, 5) is 23.1. The van der Waals surface area contributed by atoms with Gasteiger partial charge in [-0.15, -0.1) is 0 Å². The molecule has 7 nitrogen and oxygen atoms in total. The van der Waals surface area contributed by atoms with E-state index < -0.39 is 0 Å². The Morgan fingerprint density at radius 1 is 1.06 bits per heavy atom. The molecule has 0 aliphatic rings. The maximum absolute atomic E-state index is 6.24. The largest absolute Gasteiger partial charge is 0.398 e. The zero-order valence-electron chi connectivity index (χ0n) is 19.4. The Labute approximate surface area is 194 Å². The molecule has 3 heterocycles. The van der Waals surface area contributed by atoms with Crippen molar-refractivity contribution in [1.29, 1.82) is 0 Å². The van der Waals surface area contributed by atoms with Gasteiger partial charge in [-0.25, -0.2) is 15.0 Å². The molecule has 0 atom stereocenters. The van der Waals surface area contributed by atoms with Crippen LogP contribution in [-0.4, -0.2) is 37.8 Å². The number of hydrogen-bond acceptors (Lipinski definition) is 6. The molecule has 0 aliphatic carbocycles. The van der Waals surface area contributed by atoms with Crippen LogP contribution in [0.4, 0.5) is 0 Å². The molecule has 0 aliphatic heterocycles. The Morgan fingerprint density at radius 2 is 1.88 bits per heavy atom. The first-order valence-electron chi connectivity index (χ1n) is 11.3. The lowest BCUT2D eigenvalue weighted by molar-refractivity contribution is 0.671. The minimum absolute atomic E-state index is 0.637. The minimum Gasteiger partial charge on any atom is -0.398 e. The van der Waals surface area contributed by atoms with E-state index in [2.05, 4.69) is 28.4 Å². The standard InChI is InChI=1S/C26H29N7/c1-4-6-10-22-30-24-23(18-11-15-29-16-12-18)31-25(32-26(24)33(22)5-2)20-9-7-8-19(17-20)21(27)13-14-28-3/h7-9,11-17H,4-6,10,27H2,1-3H3. The predicted octanol–water partition coefficient (Wildman–Crippen LogP) is 4.92. The van der Waals surface area contributed by atoms with Crippen LogP contribution >= 0.6 is 0 Å². The number of aryl methyl sites for hydroxylation is 2. The number of fused-ring (bicyclic) bond motifs is 1. The summed E-state index contributed by atoms with van der Waals surface area (Å²) in [6.07, 6.45) is 10.1. The molecule has 4 rings (SSSR count). The summed E-state index contributed by atoms with van der Waals surface area (Å²) in [5.41, 5.74) is 12.1. The van der Waals surface area contributed by atoms with Crippen LogP contribution in [0.3, 0.4) is 0 Å². The maximum atomic E-state index is 6.24. The normalized spacial score (nSPS) is 12.2. The molecular formula is C26H29N7. The van der Waals surface area contributed by atoms with Gasteiger partial charge in [-0.05, 0) is 43.2 Å². The summed E-state index contributed by atoms with van der Waals surface area (Å²) in [5, 5.41) is 0. The molecule has 7 heteroatoms. The molecule has 2 N–H and O–H groups in total. The Hall–Kier alpha value is -3.87. The van der Waals surface area contributed by atoms with Crippen LogP contribution in [0.25, 0.3) is 39.5 Å². The number of unbranched alkanes of at least 4 members (excludes halogenated alkanes) is 1. The van der Waals surface area contributed by atoms with E-state index in [0.717, 1.165) is 65.2 Å². The lowest BCUT2D eigenvalue weighted by Gasteiger charge is -2.09. The summed E-state index contributed by atoms with van der Waals surface area (Å²) in [6.45, 7) is 5.12. The highest BCUT2D eigenvalue weighted by Gasteiger charge is 2.19. The van der Waals surface area contributed by atoms with Crippen molar-refractivity contribution in [2.45, 2.75) is 39.7 Å². The van der Waals surface area contributed by atoms with Gasteiger partial charge < -0.3 is 10.3 Å². The van der Waals surface area contributed by atoms with Crippen LogP contribution in [-0.2, 0) is 13.0 Å². The number of hydrogen-bond donors (Lipinski definition) is 1. The Morgan fingerprint density at radius 3 is 2.61 bits per heavy atom. The lowest BCUT2D eigenvalue weighted by atomic mass is 10.1. The van der Waals surface area contributed by atoms with E-state index in [-0.39, 0.29) is 0 Å². The third-order valence-electron chi connectivity index (χ3n) is 5.55. The van der Waals surface area contributed by atoms with Crippen LogP contribution in [0.5, 0.6) is 0 Å². The summed E-state index contributed by atoms with van der Waals surface area (Å²) in [6, 6.07) is 11.9. The van der Waals surface area contributed by atoms with Crippen LogP contribution < -0.4 is 5.73 Å². The second-order valence-electron chi connectivity index (χ2n) is 7.79. The van der Waals surface area contributed by atoms with E-state index in [0.29, 0.717) is 11.5 Å². The summed E-state index contributed by atoms with van der Waals surface area (Å²) >= 11 is 0. The quantitative estimate of drug-likeness (QED) is 0.393. The molecule has 0 amide bonds. The number of nitrogens with zero attached hydrogens (tertiary/aromatic N) is 6. The van der Waals surface area contributed by atoms with Crippen molar-refractivity contribution in [1.82, 2.24) is 24.5 Å². The number of nitrogens with two attached hydrogens (primary N) is 1. The Kier molecular flexibility index (Phi) is 6.88. The topological polar surface area (TPSA) is 94.9 Å². The highest BCUT2D eigenvalue weighted by atomic mass is 15.1. The molecule has 0 bridgehead atoms. The van der Waals surface area contributed by atoms with Gasteiger partial charge >= 0.3 is 0 Å². The van der Waals surface area contributed by atoms with Gasteiger partial charge in [0, 0.05) is 55.4 Å². The second kappa shape index (κ2) is 10.2. The number of imidazole rings is 1. The first-order chi connectivity index (χ1) is 16.2. The molecule has 0 fully saturated rings. The number of rotatable bonds is 8. The SMILES string of the molecule is CCCCc1nc2c(-c3ccncc3)nc(-c3cccc(C(N)=CC=NC)c3)nc2n1CC. The lowest BCUT2D eigenvalue weighted by Crippen LogP contribution is -2.04. The third-order valence-corrected chi connectivity index (χ3v) is 5.55. The van der Waals surface area contributed by atoms with Gasteiger partial charge in [0.15, 0.2) is 11.5 Å². The fourth-order valence-corrected chi connectivity index (χ4v) is 3.83. The molecule has 33 heavy (non-hydrogen) atoms. The van der Waals surface area contributed by atoms with Crippen molar-refractivity contribution in [3.8, 4) is 22.6 Å². The maximum Gasteiger partial charge on any atom is 0.164 e. The van der Waals surface area contributed by atoms with E-state index >= 15 is 0 Å².